The van der Waals surface area contributed by atoms with Gasteiger partial charge in [-0.05, 0) is 22.0 Å². The van der Waals surface area contributed by atoms with Gasteiger partial charge < -0.3 is 9.72 Å². The standard InChI is InChI=1S/C8H7BrN2O/c1-12-8-7-5(2-3-10-7)6(9)4-11-8/h2-4,10H,1H3. The number of nitrogens with one attached hydrogen (secondary N) is 1. The van der Waals surface area contributed by atoms with Gasteiger partial charge in [0.15, 0.2) is 0 Å². The van der Waals surface area contributed by atoms with Crippen LogP contribution in [0.4, 0.5) is 0 Å². The molecule has 12 heavy (non-hydrogen) atoms. The summed E-state index contributed by atoms with van der Waals surface area (Å²) in [5, 5.41) is 1.09. The summed E-state index contributed by atoms with van der Waals surface area (Å²) in [6.07, 6.45) is 3.59. The predicted molar refractivity (Wildman–Crippen MR) is 50.3 cm³/mol. The van der Waals surface area contributed by atoms with Crippen LogP contribution in [0.2, 0.25) is 0 Å². The molecule has 2 aromatic heterocycles. The Morgan fingerprint density at radius 2 is 2.42 bits per heavy atom. The SMILES string of the molecule is COc1ncc(Br)c2cc[nH]c12. The van der Waals surface area contributed by atoms with Crippen molar-refractivity contribution in [1.82, 2.24) is 9.97 Å². The fourth-order valence-electron chi connectivity index (χ4n) is 1.15. The summed E-state index contributed by atoms with van der Waals surface area (Å²) >= 11 is 3.40. The third-order valence-electron chi connectivity index (χ3n) is 1.71. The molecule has 0 radical (unpaired) electrons. The highest BCUT2D eigenvalue weighted by atomic mass is 79.9. The van der Waals surface area contributed by atoms with E-state index < -0.39 is 0 Å². The van der Waals surface area contributed by atoms with Gasteiger partial charge >= 0.3 is 0 Å². The molecular formula is C8H7BrN2O. The fraction of sp³-hybridized carbons (Fsp3) is 0.125. The van der Waals surface area contributed by atoms with Crippen molar-refractivity contribution in [2.24, 2.45) is 0 Å². The topological polar surface area (TPSA) is 37.9 Å². The highest BCUT2D eigenvalue weighted by Gasteiger charge is 2.05. The first-order valence-electron chi connectivity index (χ1n) is 3.48. The van der Waals surface area contributed by atoms with Crippen LogP contribution in [0.25, 0.3) is 10.9 Å². The summed E-state index contributed by atoms with van der Waals surface area (Å²) in [7, 11) is 1.61. The minimum Gasteiger partial charge on any atom is -0.479 e. The first-order chi connectivity index (χ1) is 5.83. The first kappa shape index (κ1) is 7.61. The molecule has 2 heterocycles. The third kappa shape index (κ3) is 0.992. The van der Waals surface area contributed by atoms with Crippen LogP contribution in [0.15, 0.2) is 22.9 Å². The van der Waals surface area contributed by atoms with Gasteiger partial charge in [-0.25, -0.2) is 4.98 Å². The quantitative estimate of drug-likeness (QED) is 0.811. The summed E-state index contributed by atoms with van der Waals surface area (Å²) in [6.45, 7) is 0. The summed E-state index contributed by atoms with van der Waals surface area (Å²) in [5.41, 5.74) is 0.923. The maximum Gasteiger partial charge on any atom is 0.238 e. The lowest BCUT2D eigenvalue weighted by Crippen LogP contribution is -1.88. The Morgan fingerprint density at radius 3 is 3.17 bits per heavy atom. The molecule has 0 saturated carbocycles. The lowest BCUT2D eigenvalue weighted by atomic mass is 10.3. The zero-order valence-electron chi connectivity index (χ0n) is 6.47. The zero-order chi connectivity index (χ0) is 8.55. The van der Waals surface area contributed by atoms with Crippen LogP contribution in [0.5, 0.6) is 5.88 Å². The molecule has 2 rings (SSSR count). The number of aromatic nitrogens is 2. The molecule has 0 fully saturated rings. The third-order valence-corrected chi connectivity index (χ3v) is 2.34. The molecule has 0 bridgehead atoms. The number of aromatic amines is 1. The maximum absolute atomic E-state index is 5.08. The van der Waals surface area contributed by atoms with Crippen LogP contribution in [-0.2, 0) is 0 Å². The smallest absolute Gasteiger partial charge is 0.238 e. The average Bonchev–Trinajstić information content (AvgIpc) is 2.54. The molecule has 62 valence electrons. The molecule has 0 aliphatic rings. The van der Waals surface area contributed by atoms with Crippen molar-refractivity contribution < 1.29 is 4.74 Å². The summed E-state index contributed by atoms with van der Waals surface area (Å²) < 4.78 is 6.05. The lowest BCUT2D eigenvalue weighted by Gasteiger charge is -2.00. The minimum absolute atomic E-state index is 0.623. The van der Waals surface area contributed by atoms with Crippen LogP contribution in [0.1, 0.15) is 0 Å². The Bertz CT molecular complexity index is 410. The van der Waals surface area contributed by atoms with E-state index in [2.05, 4.69) is 25.9 Å². The second kappa shape index (κ2) is 2.79. The van der Waals surface area contributed by atoms with E-state index in [0.717, 1.165) is 15.4 Å². The molecule has 0 unspecified atom stereocenters. The van der Waals surface area contributed by atoms with Gasteiger partial charge in [-0.2, -0.15) is 0 Å². The summed E-state index contributed by atoms with van der Waals surface area (Å²) in [6, 6.07) is 1.98. The van der Waals surface area contributed by atoms with Gasteiger partial charge in [-0.3, -0.25) is 0 Å². The van der Waals surface area contributed by atoms with E-state index in [1.165, 1.54) is 0 Å². The number of methoxy groups -OCH3 is 1. The molecule has 4 heteroatoms. The van der Waals surface area contributed by atoms with Gasteiger partial charge in [-0.1, -0.05) is 0 Å². The normalized spacial score (nSPS) is 10.5. The molecule has 0 aliphatic heterocycles. The van der Waals surface area contributed by atoms with Crippen LogP contribution in [0, 0.1) is 0 Å². The highest BCUT2D eigenvalue weighted by molar-refractivity contribution is 9.10. The number of fused-ring (bicyclic) bond motifs is 1. The number of rotatable bonds is 1. The van der Waals surface area contributed by atoms with Crippen LogP contribution >= 0.6 is 15.9 Å². The van der Waals surface area contributed by atoms with E-state index in [-0.39, 0.29) is 0 Å². The predicted octanol–water partition coefficient (Wildman–Crippen LogP) is 2.33. The van der Waals surface area contributed by atoms with Gasteiger partial charge in [0.25, 0.3) is 0 Å². The molecule has 3 nitrogen and oxygen atoms in total. The summed E-state index contributed by atoms with van der Waals surface area (Å²) in [4.78, 5) is 7.16. The van der Waals surface area contributed by atoms with E-state index in [1.807, 2.05) is 12.3 Å². The Hall–Kier alpha value is -1.03. The second-order valence-corrected chi connectivity index (χ2v) is 3.24. The molecular weight excluding hydrogens is 220 g/mol. The van der Waals surface area contributed by atoms with Crippen LogP contribution < -0.4 is 4.74 Å². The van der Waals surface area contributed by atoms with E-state index in [1.54, 1.807) is 13.3 Å². The van der Waals surface area contributed by atoms with Crippen molar-refractivity contribution >= 4 is 26.8 Å². The lowest BCUT2D eigenvalue weighted by molar-refractivity contribution is 0.402. The van der Waals surface area contributed by atoms with Gasteiger partial charge in [0.1, 0.15) is 5.52 Å². The van der Waals surface area contributed by atoms with Crippen LogP contribution in [-0.4, -0.2) is 17.1 Å². The molecule has 1 N–H and O–H groups in total. The number of hydrogen-bond donors (Lipinski definition) is 1. The molecule has 0 aliphatic carbocycles. The zero-order valence-corrected chi connectivity index (χ0v) is 8.05. The van der Waals surface area contributed by atoms with E-state index >= 15 is 0 Å². The highest BCUT2D eigenvalue weighted by Crippen LogP contribution is 2.27. The molecule has 0 atom stereocenters. The van der Waals surface area contributed by atoms with Crippen LogP contribution in [0.3, 0.4) is 0 Å². The van der Waals surface area contributed by atoms with Gasteiger partial charge in [0.05, 0.1) is 7.11 Å². The number of nitrogens with zero attached hydrogens (tertiary/aromatic N) is 1. The number of hydrogen-bond acceptors (Lipinski definition) is 2. The Kier molecular flexibility index (Phi) is 1.77. The molecule has 0 spiro atoms. The van der Waals surface area contributed by atoms with Crippen molar-refractivity contribution in [3.05, 3.63) is 22.9 Å². The van der Waals surface area contributed by atoms with E-state index in [4.69, 9.17) is 4.74 Å². The monoisotopic (exact) mass is 226 g/mol. The molecule has 2 aromatic rings. The molecule has 0 aromatic carbocycles. The maximum atomic E-state index is 5.08. The molecule has 0 amide bonds. The molecule has 0 saturated heterocycles. The number of halogens is 1. The Balaban J connectivity index is 2.82. The summed E-state index contributed by atoms with van der Waals surface area (Å²) in [5.74, 6) is 0.623. The first-order valence-corrected chi connectivity index (χ1v) is 4.28. The largest absolute Gasteiger partial charge is 0.479 e. The van der Waals surface area contributed by atoms with Crippen molar-refractivity contribution in [2.75, 3.05) is 7.11 Å². The van der Waals surface area contributed by atoms with E-state index in [9.17, 15) is 0 Å². The van der Waals surface area contributed by atoms with Crippen molar-refractivity contribution in [2.45, 2.75) is 0 Å². The fourth-order valence-corrected chi connectivity index (χ4v) is 1.58. The van der Waals surface area contributed by atoms with E-state index in [0.29, 0.717) is 5.88 Å². The Morgan fingerprint density at radius 1 is 1.58 bits per heavy atom. The van der Waals surface area contributed by atoms with Gasteiger partial charge in [0, 0.05) is 22.3 Å². The van der Waals surface area contributed by atoms with Crippen molar-refractivity contribution in [3.63, 3.8) is 0 Å². The second-order valence-electron chi connectivity index (χ2n) is 2.38. The number of H-pyrrole nitrogens is 1. The van der Waals surface area contributed by atoms with Gasteiger partial charge in [-0.15, -0.1) is 0 Å². The minimum atomic E-state index is 0.623. The van der Waals surface area contributed by atoms with Gasteiger partial charge in [0.2, 0.25) is 5.88 Å². The van der Waals surface area contributed by atoms with Crippen molar-refractivity contribution in [3.8, 4) is 5.88 Å². The number of ether oxygens (including phenoxy) is 1. The van der Waals surface area contributed by atoms with Crippen molar-refractivity contribution in [1.29, 1.82) is 0 Å². The number of pyridine rings is 1. The average molecular weight is 227 g/mol. The Labute approximate surface area is 77.9 Å².